The van der Waals surface area contributed by atoms with Gasteiger partial charge in [0.2, 0.25) is 5.91 Å². The first-order chi connectivity index (χ1) is 14.6. The van der Waals surface area contributed by atoms with Crippen molar-refractivity contribution in [2.75, 3.05) is 26.8 Å². The molecule has 1 atom stereocenters. The molecule has 2 N–H and O–H groups in total. The molecule has 4 rings (SSSR count). The fourth-order valence-electron chi connectivity index (χ4n) is 4.24. The largest absolute Gasteiger partial charge is 0.383 e. The summed E-state index contributed by atoms with van der Waals surface area (Å²) in [6.07, 6.45) is 4.91. The lowest BCUT2D eigenvalue weighted by Gasteiger charge is -2.20. The highest BCUT2D eigenvalue weighted by atomic mass is 16.5. The van der Waals surface area contributed by atoms with Gasteiger partial charge in [0.25, 0.3) is 5.56 Å². The van der Waals surface area contributed by atoms with E-state index in [-0.39, 0.29) is 17.5 Å². The molecule has 1 unspecified atom stereocenters. The standard InChI is InChI=1S/C21H28N6O3/c1-14(13-30-2)27-18(23-17-5-4-10-22-20(17)27)6-3-7-19(28)26-11-8-15-16(9-12-26)24-25-21(15)29/h4-5,10,14H,3,6-9,11-13H2,1-2H3,(H2,24,25,29). The molecule has 1 aliphatic heterocycles. The smallest absolute Gasteiger partial charge is 0.267 e. The molecule has 3 aromatic rings. The number of pyridine rings is 1. The number of imidazole rings is 1. The number of H-pyrrole nitrogens is 2. The molecule has 0 aromatic carbocycles. The Balaban J connectivity index is 1.39. The van der Waals surface area contributed by atoms with Crippen LogP contribution in [0.2, 0.25) is 0 Å². The van der Waals surface area contributed by atoms with Gasteiger partial charge < -0.3 is 19.3 Å². The maximum Gasteiger partial charge on any atom is 0.267 e. The van der Waals surface area contributed by atoms with Crippen LogP contribution in [0.5, 0.6) is 0 Å². The second-order valence-electron chi connectivity index (χ2n) is 7.82. The minimum Gasteiger partial charge on any atom is -0.383 e. The lowest BCUT2D eigenvalue weighted by molar-refractivity contribution is -0.131. The fraction of sp³-hybridized carbons (Fsp3) is 0.524. The number of amides is 1. The van der Waals surface area contributed by atoms with Gasteiger partial charge in [-0.05, 0) is 31.9 Å². The van der Waals surface area contributed by atoms with Crippen molar-refractivity contribution in [1.82, 2.24) is 29.6 Å². The van der Waals surface area contributed by atoms with E-state index in [9.17, 15) is 9.59 Å². The number of hydrogen-bond donors (Lipinski definition) is 2. The molecule has 0 spiro atoms. The molecule has 0 saturated heterocycles. The summed E-state index contributed by atoms with van der Waals surface area (Å²) in [6, 6.07) is 3.95. The minimum absolute atomic E-state index is 0.0722. The monoisotopic (exact) mass is 412 g/mol. The fourth-order valence-corrected chi connectivity index (χ4v) is 4.24. The van der Waals surface area contributed by atoms with Crippen molar-refractivity contribution >= 4 is 17.1 Å². The van der Waals surface area contributed by atoms with Gasteiger partial charge in [0.15, 0.2) is 5.65 Å². The zero-order chi connectivity index (χ0) is 21.1. The Morgan fingerprint density at radius 2 is 2.13 bits per heavy atom. The van der Waals surface area contributed by atoms with Gasteiger partial charge in [-0.3, -0.25) is 14.7 Å². The van der Waals surface area contributed by atoms with Crippen molar-refractivity contribution < 1.29 is 9.53 Å². The van der Waals surface area contributed by atoms with Crippen molar-refractivity contribution in [3.8, 4) is 0 Å². The van der Waals surface area contributed by atoms with Crippen LogP contribution < -0.4 is 5.56 Å². The highest BCUT2D eigenvalue weighted by molar-refractivity contribution is 5.76. The Kier molecular flexibility index (Phi) is 5.98. The predicted molar refractivity (Wildman–Crippen MR) is 112 cm³/mol. The number of aromatic nitrogens is 5. The summed E-state index contributed by atoms with van der Waals surface area (Å²) >= 11 is 0. The molecule has 0 fully saturated rings. The highest BCUT2D eigenvalue weighted by Gasteiger charge is 2.22. The molecule has 0 saturated carbocycles. The SMILES string of the molecule is COCC(C)n1c(CCCC(=O)N2CCc3[nH][nH]c(=O)c3CC2)nc2cccnc21. The summed E-state index contributed by atoms with van der Waals surface area (Å²) in [4.78, 5) is 35.7. The number of aromatic amines is 2. The lowest BCUT2D eigenvalue weighted by Crippen LogP contribution is -2.33. The molecule has 0 bridgehead atoms. The predicted octanol–water partition coefficient (Wildman–Crippen LogP) is 1.61. The van der Waals surface area contributed by atoms with Crippen molar-refractivity contribution in [3.05, 3.63) is 45.8 Å². The average Bonchev–Trinajstić information content (AvgIpc) is 3.19. The quantitative estimate of drug-likeness (QED) is 0.613. The number of carbonyl (C=O) groups excluding carboxylic acids is 1. The molecular weight excluding hydrogens is 384 g/mol. The topological polar surface area (TPSA) is 109 Å². The van der Waals surface area contributed by atoms with E-state index in [4.69, 9.17) is 9.72 Å². The first kappa shape index (κ1) is 20.3. The molecule has 0 aliphatic carbocycles. The number of carbonyl (C=O) groups is 1. The van der Waals surface area contributed by atoms with Crippen LogP contribution in [0.3, 0.4) is 0 Å². The van der Waals surface area contributed by atoms with Crippen LogP contribution in [0, 0.1) is 0 Å². The molecule has 160 valence electrons. The van der Waals surface area contributed by atoms with E-state index in [0.29, 0.717) is 51.8 Å². The zero-order valence-corrected chi connectivity index (χ0v) is 17.5. The number of aryl methyl sites for hydroxylation is 1. The molecule has 30 heavy (non-hydrogen) atoms. The Morgan fingerprint density at radius 1 is 1.30 bits per heavy atom. The zero-order valence-electron chi connectivity index (χ0n) is 17.5. The van der Waals surface area contributed by atoms with Gasteiger partial charge in [-0.25, -0.2) is 9.97 Å². The average molecular weight is 412 g/mol. The molecule has 0 radical (unpaired) electrons. The van der Waals surface area contributed by atoms with Gasteiger partial charge in [-0.1, -0.05) is 0 Å². The molecule has 1 aliphatic rings. The normalized spacial score (nSPS) is 15.2. The second kappa shape index (κ2) is 8.83. The van der Waals surface area contributed by atoms with Gasteiger partial charge in [0.05, 0.1) is 12.6 Å². The van der Waals surface area contributed by atoms with E-state index in [1.54, 1.807) is 13.3 Å². The molecule has 4 heterocycles. The van der Waals surface area contributed by atoms with Crippen molar-refractivity contribution in [1.29, 1.82) is 0 Å². The van der Waals surface area contributed by atoms with Crippen LogP contribution in [-0.4, -0.2) is 62.3 Å². The number of methoxy groups -OCH3 is 1. The first-order valence-electron chi connectivity index (χ1n) is 10.5. The van der Waals surface area contributed by atoms with Gasteiger partial charge in [0.1, 0.15) is 11.3 Å². The van der Waals surface area contributed by atoms with E-state index in [2.05, 4.69) is 26.7 Å². The first-order valence-corrected chi connectivity index (χ1v) is 10.5. The lowest BCUT2D eigenvalue weighted by atomic mass is 10.1. The number of nitrogens with one attached hydrogen (secondary N) is 2. The Labute approximate surface area is 174 Å². The van der Waals surface area contributed by atoms with Gasteiger partial charge in [-0.2, -0.15) is 0 Å². The van der Waals surface area contributed by atoms with Gasteiger partial charge in [-0.15, -0.1) is 0 Å². The van der Waals surface area contributed by atoms with Gasteiger partial charge in [0, 0.05) is 56.9 Å². The Bertz CT molecular complexity index is 1080. The van der Waals surface area contributed by atoms with Crippen LogP contribution in [0.4, 0.5) is 0 Å². The molecular formula is C21H28N6O3. The van der Waals surface area contributed by atoms with Crippen molar-refractivity contribution in [2.45, 2.75) is 45.1 Å². The minimum atomic E-state index is -0.0722. The van der Waals surface area contributed by atoms with Crippen LogP contribution >= 0.6 is 0 Å². The maximum atomic E-state index is 12.8. The summed E-state index contributed by atoms with van der Waals surface area (Å²) < 4.78 is 7.45. The molecule has 3 aromatic heterocycles. The third-order valence-electron chi connectivity index (χ3n) is 5.74. The summed E-state index contributed by atoms with van der Waals surface area (Å²) in [5.74, 6) is 1.06. The van der Waals surface area contributed by atoms with Crippen LogP contribution in [0.1, 0.15) is 42.9 Å². The summed E-state index contributed by atoms with van der Waals surface area (Å²) in [7, 11) is 1.69. The van der Waals surface area contributed by atoms with E-state index in [1.807, 2.05) is 17.0 Å². The number of nitrogens with zero attached hydrogens (tertiary/aromatic N) is 4. The van der Waals surface area contributed by atoms with Gasteiger partial charge >= 0.3 is 0 Å². The Morgan fingerprint density at radius 3 is 2.97 bits per heavy atom. The van der Waals surface area contributed by atoms with Crippen LogP contribution in [0.25, 0.3) is 11.2 Å². The van der Waals surface area contributed by atoms with E-state index >= 15 is 0 Å². The summed E-state index contributed by atoms with van der Waals surface area (Å²) in [5, 5.41) is 5.56. The van der Waals surface area contributed by atoms with Crippen LogP contribution in [0.15, 0.2) is 23.1 Å². The molecule has 1 amide bonds. The van der Waals surface area contributed by atoms with Crippen molar-refractivity contribution in [3.63, 3.8) is 0 Å². The molecule has 9 nitrogen and oxygen atoms in total. The number of ether oxygens (including phenoxy) is 1. The third-order valence-corrected chi connectivity index (χ3v) is 5.74. The number of hydrogen-bond acceptors (Lipinski definition) is 5. The van der Waals surface area contributed by atoms with E-state index < -0.39 is 0 Å². The summed E-state index contributed by atoms with van der Waals surface area (Å²) in [6.45, 7) is 3.87. The highest BCUT2D eigenvalue weighted by Crippen LogP contribution is 2.21. The van der Waals surface area contributed by atoms with Crippen molar-refractivity contribution in [2.24, 2.45) is 0 Å². The Hall–Kier alpha value is -2.94. The summed E-state index contributed by atoms with van der Waals surface area (Å²) in [5.41, 5.74) is 3.34. The molecule has 9 heteroatoms. The number of rotatable bonds is 7. The maximum absolute atomic E-state index is 12.8. The van der Waals surface area contributed by atoms with Crippen LogP contribution in [-0.2, 0) is 28.8 Å². The second-order valence-corrected chi connectivity index (χ2v) is 7.82. The third kappa shape index (κ3) is 4.02. The number of fused-ring (bicyclic) bond motifs is 2. The van der Waals surface area contributed by atoms with E-state index in [0.717, 1.165) is 28.2 Å². The van der Waals surface area contributed by atoms with E-state index in [1.165, 1.54) is 0 Å².